The van der Waals surface area contributed by atoms with Gasteiger partial charge in [-0.25, -0.2) is 0 Å². The molecule has 8 atom stereocenters. The second-order valence-corrected chi connectivity index (χ2v) is 10.4. The monoisotopic (exact) mass is 474 g/mol. The van der Waals surface area contributed by atoms with E-state index in [0.29, 0.717) is 38.5 Å². The Kier molecular flexibility index (Phi) is 6.16. The van der Waals surface area contributed by atoms with Gasteiger partial charge in [-0.2, -0.15) is 0 Å². The van der Waals surface area contributed by atoms with Crippen LogP contribution in [0.1, 0.15) is 57.8 Å². The first kappa shape index (κ1) is 23.0. The zero-order valence-corrected chi connectivity index (χ0v) is 19.0. The Morgan fingerprint density at radius 3 is 1.79 bits per heavy atom. The predicted octanol–water partition coefficient (Wildman–Crippen LogP) is 0.414. The number of carbonyl (C=O) groups excluding carboxylic acids is 6. The van der Waals surface area contributed by atoms with Gasteiger partial charge in [-0.3, -0.25) is 28.8 Å². The van der Waals surface area contributed by atoms with Crippen molar-refractivity contribution in [3.63, 3.8) is 0 Å². The summed E-state index contributed by atoms with van der Waals surface area (Å²) in [4.78, 5) is 73.7. The van der Waals surface area contributed by atoms with E-state index in [1.807, 2.05) is 0 Å². The number of esters is 3. The van der Waals surface area contributed by atoms with Crippen molar-refractivity contribution < 1.29 is 38.2 Å². The molecule has 10 nitrogen and oxygen atoms in total. The highest BCUT2D eigenvalue weighted by Gasteiger charge is 2.49. The molecule has 5 fully saturated rings. The lowest BCUT2D eigenvalue weighted by Gasteiger charge is -2.36. The molecule has 2 amide bonds. The molecule has 2 aliphatic heterocycles. The van der Waals surface area contributed by atoms with Crippen LogP contribution < -0.4 is 10.6 Å². The molecule has 3 saturated carbocycles. The van der Waals surface area contributed by atoms with E-state index >= 15 is 0 Å². The molecule has 2 N–H and O–H groups in total. The topological polar surface area (TPSA) is 145 Å². The summed E-state index contributed by atoms with van der Waals surface area (Å²) in [5.41, 5.74) is 0. The van der Waals surface area contributed by atoms with Gasteiger partial charge in [-0.05, 0) is 57.8 Å². The molecule has 0 aromatic carbocycles. The van der Waals surface area contributed by atoms with Crippen LogP contribution in [0.3, 0.4) is 0 Å². The Bertz CT molecular complexity index is 932. The highest BCUT2D eigenvalue weighted by Crippen LogP contribution is 2.40. The lowest BCUT2D eigenvalue weighted by atomic mass is 9.71. The van der Waals surface area contributed by atoms with Crippen LogP contribution >= 0.6 is 0 Å². The molecule has 3 aliphatic carbocycles. The van der Waals surface area contributed by atoms with E-state index in [4.69, 9.17) is 9.47 Å². The molecule has 0 bridgehead atoms. The van der Waals surface area contributed by atoms with E-state index in [1.54, 1.807) is 0 Å². The van der Waals surface area contributed by atoms with Gasteiger partial charge in [-0.1, -0.05) is 0 Å². The van der Waals surface area contributed by atoms with Crippen molar-refractivity contribution in [2.75, 3.05) is 6.61 Å². The van der Waals surface area contributed by atoms with E-state index in [-0.39, 0.29) is 54.0 Å². The van der Waals surface area contributed by atoms with E-state index in [1.165, 1.54) is 0 Å². The standard InChI is InChI=1S/C24H30N2O8/c27-19-10-33-22(30)15-8-11(4-6-13(15)19)20(28)25-17-2-1-3-18(17)26-21(29)12-5-7-14-16(9-12)24(32)34-23(14)31/h11-18H,1-10H2,(H,25,28)(H,26,29)/t11?,12?,13?,14?,15?,16?,17-,18+/m1/s1. The largest absolute Gasteiger partial charge is 0.457 e. The molecule has 0 aromatic rings. The van der Waals surface area contributed by atoms with Crippen LogP contribution in [0.25, 0.3) is 0 Å². The molecular weight excluding hydrogens is 444 g/mol. The number of fused-ring (bicyclic) bond motifs is 2. The lowest BCUT2D eigenvalue weighted by molar-refractivity contribution is -0.166. The number of cyclic esters (lactones) is 3. The Morgan fingerprint density at radius 2 is 1.18 bits per heavy atom. The van der Waals surface area contributed by atoms with Crippen molar-refractivity contribution in [3.8, 4) is 0 Å². The van der Waals surface area contributed by atoms with E-state index in [2.05, 4.69) is 10.6 Å². The van der Waals surface area contributed by atoms with Gasteiger partial charge in [0.15, 0.2) is 5.78 Å². The molecule has 0 radical (unpaired) electrons. The van der Waals surface area contributed by atoms with Crippen molar-refractivity contribution in [1.82, 2.24) is 10.6 Å². The summed E-state index contributed by atoms with van der Waals surface area (Å²) in [6.45, 7) is -0.166. The van der Waals surface area contributed by atoms with Crippen LogP contribution in [-0.4, -0.2) is 54.2 Å². The Balaban J connectivity index is 1.15. The van der Waals surface area contributed by atoms with Crippen molar-refractivity contribution in [2.45, 2.75) is 69.9 Å². The number of ether oxygens (including phenoxy) is 2. The molecule has 0 spiro atoms. The number of hydrogen-bond donors (Lipinski definition) is 2. The van der Waals surface area contributed by atoms with Gasteiger partial charge in [-0.15, -0.1) is 0 Å². The molecule has 2 saturated heterocycles. The van der Waals surface area contributed by atoms with Crippen molar-refractivity contribution in [3.05, 3.63) is 0 Å². The van der Waals surface area contributed by atoms with Crippen molar-refractivity contribution in [2.24, 2.45) is 35.5 Å². The molecule has 5 rings (SSSR count). The summed E-state index contributed by atoms with van der Waals surface area (Å²) in [5.74, 6) is -4.35. The summed E-state index contributed by atoms with van der Waals surface area (Å²) in [6.07, 6.45) is 5.02. The van der Waals surface area contributed by atoms with E-state index in [9.17, 15) is 28.8 Å². The van der Waals surface area contributed by atoms with Gasteiger partial charge in [0, 0.05) is 29.8 Å². The van der Waals surface area contributed by atoms with Crippen LogP contribution in [0, 0.1) is 35.5 Å². The van der Waals surface area contributed by atoms with Crippen LogP contribution in [0.15, 0.2) is 0 Å². The third-order valence-corrected chi connectivity index (χ3v) is 8.49. The van der Waals surface area contributed by atoms with E-state index in [0.717, 1.165) is 19.3 Å². The Hall–Kier alpha value is -2.78. The van der Waals surface area contributed by atoms with Crippen molar-refractivity contribution in [1.29, 1.82) is 0 Å². The maximum Gasteiger partial charge on any atom is 0.317 e. The number of rotatable bonds is 4. The molecular formula is C24H30N2O8. The number of Topliss-reactive ketones (excluding diaryl/α,β-unsaturated/α-hetero) is 1. The maximum absolute atomic E-state index is 13.0. The number of carbonyl (C=O) groups is 6. The molecule has 10 heteroatoms. The maximum atomic E-state index is 13.0. The van der Waals surface area contributed by atoms with Crippen LogP contribution in [0.4, 0.5) is 0 Å². The first-order valence-corrected chi connectivity index (χ1v) is 12.4. The van der Waals surface area contributed by atoms with Gasteiger partial charge in [0.1, 0.15) is 6.61 Å². The van der Waals surface area contributed by atoms with Crippen LogP contribution in [0.2, 0.25) is 0 Å². The van der Waals surface area contributed by atoms with Gasteiger partial charge in [0.2, 0.25) is 11.8 Å². The minimum absolute atomic E-state index is 0.0636. The fourth-order valence-electron chi connectivity index (χ4n) is 6.52. The van der Waals surface area contributed by atoms with E-state index < -0.39 is 35.7 Å². The zero-order valence-electron chi connectivity index (χ0n) is 19.0. The third kappa shape index (κ3) is 4.22. The van der Waals surface area contributed by atoms with Crippen LogP contribution in [-0.2, 0) is 38.2 Å². The normalized spacial score (nSPS) is 39.5. The number of amides is 2. The second kappa shape index (κ2) is 9.11. The Morgan fingerprint density at radius 1 is 0.647 bits per heavy atom. The third-order valence-electron chi connectivity index (χ3n) is 8.49. The second-order valence-electron chi connectivity index (χ2n) is 10.4. The highest BCUT2D eigenvalue weighted by molar-refractivity contribution is 5.97. The zero-order chi connectivity index (χ0) is 24.0. The SMILES string of the molecule is O=C(N[C@H]1CCC[C@H]1NC(=O)C1CCC2C(=O)COC(=O)C2C1)C1CCC2C(=O)OC(=O)C2C1. The molecule has 5 aliphatic rings. The average molecular weight is 475 g/mol. The van der Waals surface area contributed by atoms with Crippen LogP contribution in [0.5, 0.6) is 0 Å². The summed E-state index contributed by atoms with van der Waals surface area (Å²) in [6, 6.07) is -0.410. The fourth-order valence-corrected chi connectivity index (χ4v) is 6.52. The molecule has 34 heavy (non-hydrogen) atoms. The minimum atomic E-state index is -0.547. The first-order valence-electron chi connectivity index (χ1n) is 12.4. The lowest BCUT2D eigenvalue weighted by Crippen LogP contribution is -2.52. The number of hydrogen-bond acceptors (Lipinski definition) is 8. The first-order chi connectivity index (χ1) is 16.3. The smallest absolute Gasteiger partial charge is 0.317 e. The molecule has 184 valence electrons. The number of ketones is 1. The predicted molar refractivity (Wildman–Crippen MR) is 113 cm³/mol. The fraction of sp³-hybridized carbons (Fsp3) is 0.750. The van der Waals surface area contributed by atoms with Crippen molar-refractivity contribution >= 4 is 35.5 Å². The van der Waals surface area contributed by atoms with Gasteiger partial charge >= 0.3 is 17.9 Å². The molecule has 6 unspecified atom stereocenters. The number of nitrogens with one attached hydrogen (secondary N) is 2. The summed E-state index contributed by atoms with van der Waals surface area (Å²) in [7, 11) is 0. The summed E-state index contributed by atoms with van der Waals surface area (Å²) >= 11 is 0. The average Bonchev–Trinajstić information content (AvgIpc) is 3.38. The highest BCUT2D eigenvalue weighted by atomic mass is 16.6. The van der Waals surface area contributed by atoms with Gasteiger partial charge < -0.3 is 20.1 Å². The van der Waals surface area contributed by atoms with Gasteiger partial charge in [0.25, 0.3) is 0 Å². The molecule has 0 aromatic heterocycles. The summed E-state index contributed by atoms with van der Waals surface area (Å²) < 4.78 is 9.69. The summed E-state index contributed by atoms with van der Waals surface area (Å²) in [5, 5.41) is 6.13. The Labute approximate surface area is 196 Å². The van der Waals surface area contributed by atoms with Gasteiger partial charge in [0.05, 0.1) is 17.8 Å². The minimum Gasteiger partial charge on any atom is -0.457 e. The quantitative estimate of drug-likeness (QED) is 0.440. The molecule has 2 heterocycles.